The summed E-state index contributed by atoms with van der Waals surface area (Å²) in [4.78, 5) is 169. The lowest BCUT2D eigenvalue weighted by Gasteiger charge is -2.41. The van der Waals surface area contributed by atoms with Crippen molar-refractivity contribution in [3.63, 3.8) is 0 Å². The van der Waals surface area contributed by atoms with Crippen LogP contribution in [0, 0.1) is 29.6 Å². The van der Waals surface area contributed by atoms with Gasteiger partial charge >= 0.3 is 11.9 Å². The van der Waals surface area contributed by atoms with Crippen molar-refractivity contribution in [1.29, 1.82) is 0 Å². The average molecular weight is 1300 g/mol. The number of esters is 2. The quantitative estimate of drug-likeness (QED) is 0.127. The molecular formula is C68H107N9O14Si. The molecule has 0 bridgehead atoms. The Balaban J connectivity index is 1.88. The number of hydrogen-bond acceptors (Lipinski definition) is 14. The SMILES string of the molecule is CC[C@H](C)[C@H]1C(=O)NCC(=O)N(C)[C@@H](C(C)C)C(=O)N[C@@H](Cc2ccc(OCc3ccccc3)cc2)C(=O)O[C@H](C)C(=O)N2CCCC[C@H]2C(=O)N(C)[C@@H](C(C)C)C(=O)N[C@@H](C(C)C)C(=O)N(C)[C@@H](CC(=O)OCC[Si](C)(C)C)C(=O)N(C)[C@@H]([C@@H](C)CC)C(=O)N1C. The van der Waals surface area contributed by atoms with Crippen molar-refractivity contribution in [2.45, 2.75) is 208 Å². The van der Waals surface area contributed by atoms with Crippen LogP contribution in [0.4, 0.5) is 0 Å². The second-order valence-corrected chi connectivity index (χ2v) is 33.0. The van der Waals surface area contributed by atoms with Gasteiger partial charge in [0, 0.05) is 56.3 Å². The van der Waals surface area contributed by atoms with Crippen LogP contribution in [0.3, 0.4) is 0 Å². The van der Waals surface area contributed by atoms with Gasteiger partial charge in [-0.25, -0.2) is 4.79 Å². The summed E-state index contributed by atoms with van der Waals surface area (Å²) in [5.74, 6) is -10.3. The van der Waals surface area contributed by atoms with Gasteiger partial charge in [0.15, 0.2) is 6.10 Å². The van der Waals surface area contributed by atoms with Crippen molar-refractivity contribution in [3.05, 3.63) is 65.7 Å². The van der Waals surface area contributed by atoms with Crippen molar-refractivity contribution in [1.82, 2.24) is 45.3 Å². The summed E-state index contributed by atoms with van der Waals surface area (Å²) in [7, 11) is 5.32. The minimum atomic E-state index is -1.70. The minimum Gasteiger partial charge on any atom is -0.489 e. The summed E-state index contributed by atoms with van der Waals surface area (Å²) in [5.41, 5.74) is 1.53. The van der Waals surface area contributed by atoms with Crippen molar-refractivity contribution < 1.29 is 67.0 Å². The van der Waals surface area contributed by atoms with Crippen LogP contribution in [0.25, 0.3) is 0 Å². The molecule has 0 aromatic heterocycles. The number of piperidine rings is 1. The lowest BCUT2D eigenvalue weighted by molar-refractivity contribution is -0.165. The molecule has 9 amide bonds. The number of nitrogens with zero attached hydrogens (tertiary/aromatic N) is 6. The molecule has 2 aliphatic rings. The number of cyclic esters (lactones) is 1. The van der Waals surface area contributed by atoms with Crippen molar-refractivity contribution in [3.8, 4) is 5.75 Å². The standard InChI is InChI=1S/C68H107N9O14Si/c1-20-44(9)58-60(80)69-39-53(78)73(13)56(42(5)6)61(81)70-50(37-47-30-32-49(33-31-47)90-40-48-27-23-22-24-28-48)68(88)91-46(11)63(83)77-34-26-25-29-51(77)64(84)74(14)57(43(7)8)62(82)71-55(41(3)4)66(86)72(12)52(38-54(79)89-35-36-92(17,18)19)65(85)76(16)59(45(10)21-2)67(87)75(58)15/h22-24,27-28,30-33,41-46,50-52,55-59H,20-21,25-26,29,34-40H2,1-19H3,(H,69,80)(H,70,81)(H,71,82)/t44-,45-,46+,50-,51-,52-,55-,56-,57-,58-,59-/m0/s1. The molecule has 2 aliphatic heterocycles. The van der Waals surface area contributed by atoms with E-state index in [1.54, 1.807) is 79.7 Å². The fraction of sp³-hybridized carbons (Fsp3) is 0.662. The maximum atomic E-state index is 15.3. The average Bonchev–Trinajstić information content (AvgIpc) is 0.841. The van der Waals surface area contributed by atoms with Gasteiger partial charge in [0.05, 0.1) is 19.6 Å². The summed E-state index contributed by atoms with van der Waals surface area (Å²) in [5, 5.41) is 8.38. The summed E-state index contributed by atoms with van der Waals surface area (Å²) in [6.07, 6.45) is -0.200. The molecule has 0 unspecified atom stereocenters. The predicted molar refractivity (Wildman–Crippen MR) is 353 cm³/mol. The lowest BCUT2D eigenvalue weighted by Crippen LogP contribution is -2.63. The Hall–Kier alpha value is -7.37. The molecule has 0 radical (unpaired) electrons. The normalized spacial score (nSPS) is 24.9. The summed E-state index contributed by atoms with van der Waals surface area (Å²) in [6, 6.07) is 6.78. The molecule has 2 aromatic rings. The second-order valence-electron chi connectivity index (χ2n) is 27.3. The first-order valence-corrected chi connectivity index (χ1v) is 36.4. The molecule has 2 fully saturated rings. The smallest absolute Gasteiger partial charge is 0.329 e. The fourth-order valence-corrected chi connectivity index (χ4v) is 12.6. The Morgan fingerprint density at radius 1 is 0.609 bits per heavy atom. The van der Waals surface area contributed by atoms with E-state index in [1.165, 1.54) is 66.7 Å². The third-order valence-electron chi connectivity index (χ3n) is 17.9. The van der Waals surface area contributed by atoms with Gasteiger partial charge in [0.25, 0.3) is 5.91 Å². The van der Waals surface area contributed by atoms with Crippen molar-refractivity contribution in [2.75, 3.05) is 54.9 Å². The first-order valence-electron chi connectivity index (χ1n) is 32.7. The molecule has 11 atom stereocenters. The number of nitrogens with one attached hydrogen (secondary N) is 3. The molecule has 3 N–H and O–H groups in total. The van der Waals surface area contributed by atoms with E-state index in [0.29, 0.717) is 49.6 Å². The number of carbonyl (C=O) groups is 11. The van der Waals surface area contributed by atoms with Crippen molar-refractivity contribution >= 4 is 73.2 Å². The highest BCUT2D eigenvalue weighted by Crippen LogP contribution is 2.27. The van der Waals surface area contributed by atoms with Crippen LogP contribution in [0.2, 0.25) is 25.7 Å². The van der Waals surface area contributed by atoms with E-state index < -0.39 is 170 Å². The minimum absolute atomic E-state index is 0.0766. The first-order chi connectivity index (χ1) is 43.1. The molecule has 4 rings (SSSR count). The molecule has 24 heteroatoms. The van der Waals surface area contributed by atoms with Gasteiger partial charge in [-0.1, -0.05) is 144 Å². The number of benzene rings is 2. The highest BCUT2D eigenvalue weighted by molar-refractivity contribution is 6.76. The molecule has 0 saturated carbocycles. The molecular weight excluding hydrogens is 1190 g/mol. The first kappa shape index (κ1) is 77.1. The van der Waals surface area contributed by atoms with Gasteiger partial charge in [-0.3, -0.25) is 47.9 Å². The highest BCUT2D eigenvalue weighted by atomic mass is 28.3. The lowest BCUT2D eigenvalue weighted by atomic mass is 9.92. The molecule has 92 heavy (non-hydrogen) atoms. The maximum Gasteiger partial charge on any atom is 0.329 e. The summed E-state index contributed by atoms with van der Waals surface area (Å²) >= 11 is 0. The summed E-state index contributed by atoms with van der Waals surface area (Å²) < 4.78 is 17.7. The maximum absolute atomic E-state index is 15.3. The van der Waals surface area contributed by atoms with Crippen LogP contribution in [-0.2, 0) is 75.2 Å². The molecule has 2 heterocycles. The zero-order valence-corrected chi connectivity index (χ0v) is 59.2. The number of carbonyl (C=O) groups excluding carboxylic acids is 11. The van der Waals surface area contributed by atoms with Crippen LogP contribution < -0.4 is 20.7 Å². The van der Waals surface area contributed by atoms with Crippen LogP contribution in [0.5, 0.6) is 5.75 Å². The summed E-state index contributed by atoms with van der Waals surface area (Å²) in [6.45, 7) is 25.1. The van der Waals surface area contributed by atoms with E-state index in [4.69, 9.17) is 14.2 Å². The third-order valence-corrected chi connectivity index (χ3v) is 19.6. The highest BCUT2D eigenvalue weighted by Gasteiger charge is 2.46. The Morgan fingerprint density at radius 2 is 1.16 bits per heavy atom. The molecule has 23 nitrogen and oxygen atoms in total. The van der Waals surface area contributed by atoms with E-state index in [1.807, 2.05) is 44.2 Å². The zero-order valence-electron chi connectivity index (χ0n) is 58.2. The van der Waals surface area contributed by atoms with E-state index in [0.717, 1.165) is 10.5 Å². The van der Waals surface area contributed by atoms with E-state index >= 15 is 14.4 Å². The Morgan fingerprint density at radius 3 is 1.73 bits per heavy atom. The van der Waals surface area contributed by atoms with Gasteiger partial charge < -0.3 is 59.6 Å². The predicted octanol–water partition coefficient (Wildman–Crippen LogP) is 5.69. The van der Waals surface area contributed by atoms with Gasteiger partial charge in [-0.15, -0.1) is 0 Å². The van der Waals surface area contributed by atoms with Gasteiger partial charge in [-0.2, -0.15) is 0 Å². The molecule has 2 aromatic carbocycles. The largest absolute Gasteiger partial charge is 0.489 e. The number of fused-ring (bicyclic) bond motifs is 1. The van der Waals surface area contributed by atoms with Crippen molar-refractivity contribution in [2.24, 2.45) is 29.6 Å². The van der Waals surface area contributed by atoms with Gasteiger partial charge in [-0.05, 0) is 85.1 Å². The molecule has 0 aliphatic carbocycles. The van der Waals surface area contributed by atoms with Crippen LogP contribution in [0.15, 0.2) is 54.6 Å². The van der Waals surface area contributed by atoms with E-state index in [-0.39, 0.29) is 26.0 Å². The monoisotopic (exact) mass is 1300 g/mol. The number of ether oxygens (including phenoxy) is 3. The van der Waals surface area contributed by atoms with Crippen LogP contribution >= 0.6 is 0 Å². The number of amides is 9. The van der Waals surface area contributed by atoms with Gasteiger partial charge in [0.1, 0.15) is 60.7 Å². The Kier molecular flexibility index (Phi) is 29.4. The number of rotatable bonds is 17. The Labute approximate surface area is 547 Å². The molecule has 2 saturated heterocycles. The topological polar surface area (TPSA) is 271 Å². The second kappa shape index (κ2) is 35.1. The molecule has 0 spiro atoms. The van der Waals surface area contributed by atoms with Crippen LogP contribution in [0.1, 0.15) is 126 Å². The van der Waals surface area contributed by atoms with E-state index in [2.05, 4.69) is 35.6 Å². The van der Waals surface area contributed by atoms with E-state index in [9.17, 15) is 38.4 Å². The third kappa shape index (κ3) is 20.8. The Bertz CT molecular complexity index is 2870. The number of hydrogen-bond donors (Lipinski definition) is 3. The fourth-order valence-electron chi connectivity index (χ4n) is 11.9. The van der Waals surface area contributed by atoms with Gasteiger partial charge in [0.2, 0.25) is 47.3 Å². The van der Waals surface area contributed by atoms with Crippen LogP contribution in [-0.4, -0.2) is 212 Å². The number of likely N-dealkylation sites (N-methyl/N-ethyl adjacent to an activating group) is 5. The molecule has 512 valence electrons. The zero-order chi connectivity index (χ0) is 69.2.